The minimum absolute atomic E-state index is 0.0748. The second kappa shape index (κ2) is 4.55. The highest BCUT2D eigenvalue weighted by Gasteiger charge is 2.19. The zero-order chi connectivity index (χ0) is 14.4. The number of aromatic amines is 1. The molecular formula is C16H16N4O. The summed E-state index contributed by atoms with van der Waals surface area (Å²) in [6.07, 6.45) is 4.01. The number of Topliss-reactive ketones (excluding diaryl/α,β-unsaturated/α-hetero) is 1. The third kappa shape index (κ3) is 1.88. The van der Waals surface area contributed by atoms with Crippen LogP contribution in [0.15, 0.2) is 24.5 Å². The van der Waals surface area contributed by atoms with Crippen LogP contribution in [0, 0.1) is 0 Å². The highest BCUT2D eigenvalue weighted by molar-refractivity contribution is 6.13. The maximum Gasteiger partial charge on any atom is 0.159 e. The van der Waals surface area contributed by atoms with Crippen LogP contribution >= 0.6 is 0 Å². The van der Waals surface area contributed by atoms with E-state index >= 15 is 0 Å². The number of hydrogen-bond acceptors (Lipinski definition) is 4. The molecule has 5 heteroatoms. The van der Waals surface area contributed by atoms with Crippen molar-refractivity contribution >= 4 is 33.5 Å². The second-order valence-electron chi connectivity index (χ2n) is 5.56. The van der Waals surface area contributed by atoms with Crippen LogP contribution in [0.5, 0.6) is 0 Å². The summed E-state index contributed by atoms with van der Waals surface area (Å²) in [7, 11) is 0. The zero-order valence-corrected chi connectivity index (χ0v) is 11.9. The van der Waals surface area contributed by atoms with Gasteiger partial charge in [0.05, 0.1) is 5.39 Å². The summed E-state index contributed by atoms with van der Waals surface area (Å²) < 4.78 is 0. The number of nitrogens with one attached hydrogen (secondary N) is 1. The van der Waals surface area contributed by atoms with Crippen LogP contribution in [-0.4, -0.2) is 33.8 Å². The number of ketones is 1. The van der Waals surface area contributed by atoms with Crippen LogP contribution in [-0.2, 0) is 0 Å². The van der Waals surface area contributed by atoms with E-state index in [0.717, 1.165) is 46.4 Å². The Bertz CT molecular complexity index is 846. The van der Waals surface area contributed by atoms with Gasteiger partial charge in [-0.25, -0.2) is 9.97 Å². The van der Waals surface area contributed by atoms with Crippen molar-refractivity contribution in [1.82, 2.24) is 15.0 Å². The lowest BCUT2D eigenvalue weighted by Gasteiger charge is -2.16. The highest BCUT2D eigenvalue weighted by Crippen LogP contribution is 2.33. The fourth-order valence-electron chi connectivity index (χ4n) is 3.09. The lowest BCUT2D eigenvalue weighted by atomic mass is 10.1. The Morgan fingerprint density at radius 2 is 2.05 bits per heavy atom. The third-order valence-electron chi connectivity index (χ3n) is 4.18. The van der Waals surface area contributed by atoms with E-state index in [1.165, 1.54) is 12.8 Å². The van der Waals surface area contributed by atoms with Gasteiger partial charge < -0.3 is 9.88 Å². The average molecular weight is 280 g/mol. The molecule has 0 radical (unpaired) electrons. The molecule has 0 unspecified atom stereocenters. The van der Waals surface area contributed by atoms with E-state index in [1.54, 1.807) is 13.3 Å². The van der Waals surface area contributed by atoms with Gasteiger partial charge in [0.1, 0.15) is 17.8 Å². The molecule has 1 aromatic carbocycles. The second-order valence-corrected chi connectivity index (χ2v) is 5.56. The summed E-state index contributed by atoms with van der Waals surface area (Å²) >= 11 is 0. The molecule has 5 nitrogen and oxygen atoms in total. The first kappa shape index (κ1) is 12.3. The van der Waals surface area contributed by atoms with Crippen molar-refractivity contribution in [3.8, 4) is 0 Å². The highest BCUT2D eigenvalue weighted by atomic mass is 16.1. The van der Waals surface area contributed by atoms with Crippen molar-refractivity contribution in [3.63, 3.8) is 0 Å². The average Bonchev–Trinajstić information content (AvgIpc) is 3.13. The first-order valence-corrected chi connectivity index (χ1v) is 7.26. The number of fused-ring (bicyclic) bond motifs is 3. The number of hydrogen-bond donors (Lipinski definition) is 1. The molecule has 4 rings (SSSR count). The molecule has 0 spiro atoms. The van der Waals surface area contributed by atoms with Crippen LogP contribution in [0.1, 0.15) is 30.1 Å². The predicted octanol–water partition coefficient (Wildman–Crippen LogP) is 2.91. The molecule has 3 heterocycles. The van der Waals surface area contributed by atoms with Gasteiger partial charge in [0.2, 0.25) is 0 Å². The smallest absolute Gasteiger partial charge is 0.159 e. The van der Waals surface area contributed by atoms with Crippen molar-refractivity contribution in [3.05, 3.63) is 30.1 Å². The molecule has 0 aliphatic carbocycles. The summed E-state index contributed by atoms with van der Waals surface area (Å²) in [6, 6.07) is 5.74. The van der Waals surface area contributed by atoms with Gasteiger partial charge in [-0.05, 0) is 38.0 Å². The zero-order valence-electron chi connectivity index (χ0n) is 11.9. The van der Waals surface area contributed by atoms with Crippen LogP contribution in [0.25, 0.3) is 21.9 Å². The van der Waals surface area contributed by atoms with E-state index in [1.807, 2.05) is 18.2 Å². The Kier molecular flexibility index (Phi) is 2.67. The number of nitrogens with zero attached hydrogens (tertiary/aromatic N) is 3. The Hall–Kier alpha value is -2.43. The first-order chi connectivity index (χ1) is 10.2. The summed E-state index contributed by atoms with van der Waals surface area (Å²) in [6.45, 7) is 3.66. The molecule has 1 aliphatic heterocycles. The Morgan fingerprint density at radius 1 is 1.24 bits per heavy atom. The van der Waals surface area contributed by atoms with Crippen molar-refractivity contribution in [2.24, 2.45) is 0 Å². The molecule has 2 aromatic heterocycles. The number of anilines is 1. The van der Waals surface area contributed by atoms with Crippen molar-refractivity contribution < 1.29 is 4.79 Å². The minimum Gasteiger partial charge on any atom is -0.356 e. The number of aromatic nitrogens is 3. The molecule has 3 aromatic rings. The number of rotatable bonds is 2. The largest absolute Gasteiger partial charge is 0.356 e. The molecule has 106 valence electrons. The minimum atomic E-state index is 0.0748. The summed E-state index contributed by atoms with van der Waals surface area (Å²) in [5.41, 5.74) is 2.55. The number of benzene rings is 1. The lowest BCUT2D eigenvalue weighted by molar-refractivity contribution is 0.101. The predicted molar refractivity (Wildman–Crippen MR) is 82.8 cm³/mol. The maximum atomic E-state index is 11.6. The Balaban J connectivity index is 2.03. The Labute approximate surface area is 122 Å². The molecule has 0 bridgehead atoms. The topological polar surface area (TPSA) is 61.9 Å². The van der Waals surface area contributed by atoms with Gasteiger partial charge in [0.25, 0.3) is 0 Å². The van der Waals surface area contributed by atoms with Gasteiger partial charge in [0.15, 0.2) is 5.78 Å². The van der Waals surface area contributed by atoms with Crippen molar-refractivity contribution in [2.75, 3.05) is 18.0 Å². The quantitative estimate of drug-likeness (QED) is 0.733. The van der Waals surface area contributed by atoms with Crippen LogP contribution < -0.4 is 4.90 Å². The molecule has 1 saturated heterocycles. The van der Waals surface area contributed by atoms with Gasteiger partial charge in [-0.3, -0.25) is 4.79 Å². The van der Waals surface area contributed by atoms with E-state index in [2.05, 4.69) is 19.9 Å². The molecular weight excluding hydrogens is 264 g/mol. The number of carbonyl (C=O) groups is 1. The van der Waals surface area contributed by atoms with E-state index in [-0.39, 0.29) is 5.78 Å². The molecule has 0 atom stereocenters. The monoisotopic (exact) mass is 280 g/mol. The lowest BCUT2D eigenvalue weighted by Crippen LogP contribution is -2.19. The maximum absolute atomic E-state index is 11.6. The van der Waals surface area contributed by atoms with E-state index in [9.17, 15) is 4.79 Å². The number of carbonyl (C=O) groups excluding carboxylic acids is 1. The number of H-pyrrole nitrogens is 1. The normalized spacial score (nSPS) is 15.2. The van der Waals surface area contributed by atoms with E-state index in [0.29, 0.717) is 0 Å². The first-order valence-electron chi connectivity index (χ1n) is 7.26. The van der Waals surface area contributed by atoms with Gasteiger partial charge in [-0.1, -0.05) is 0 Å². The van der Waals surface area contributed by atoms with E-state index in [4.69, 9.17) is 0 Å². The Morgan fingerprint density at radius 3 is 2.81 bits per heavy atom. The van der Waals surface area contributed by atoms with Crippen LogP contribution in [0.2, 0.25) is 0 Å². The van der Waals surface area contributed by atoms with Gasteiger partial charge >= 0.3 is 0 Å². The van der Waals surface area contributed by atoms with Crippen LogP contribution in [0.3, 0.4) is 0 Å². The summed E-state index contributed by atoms with van der Waals surface area (Å²) in [5.74, 6) is 1.05. The fourth-order valence-corrected chi connectivity index (χ4v) is 3.09. The van der Waals surface area contributed by atoms with Gasteiger partial charge in [-0.2, -0.15) is 0 Å². The summed E-state index contributed by atoms with van der Waals surface area (Å²) in [5, 5.41) is 2.05. The molecule has 1 aliphatic rings. The van der Waals surface area contributed by atoms with Crippen molar-refractivity contribution in [1.29, 1.82) is 0 Å². The molecule has 0 saturated carbocycles. The molecule has 1 N–H and O–H groups in total. The molecule has 1 fully saturated rings. The van der Waals surface area contributed by atoms with Crippen LogP contribution in [0.4, 0.5) is 5.82 Å². The third-order valence-corrected chi connectivity index (χ3v) is 4.18. The SMILES string of the molecule is CC(=O)c1ccc2[nH]c3ncnc(N4CCCC4)c3c2c1. The van der Waals surface area contributed by atoms with Gasteiger partial charge in [-0.15, -0.1) is 0 Å². The standard InChI is InChI=1S/C16H16N4O/c1-10(21)11-4-5-13-12(8-11)14-15(19-13)17-9-18-16(14)20-6-2-3-7-20/h4-5,8-9H,2-3,6-7H2,1H3,(H,17,18,19). The molecule has 21 heavy (non-hydrogen) atoms. The van der Waals surface area contributed by atoms with Gasteiger partial charge in [0, 0.05) is 29.6 Å². The van der Waals surface area contributed by atoms with E-state index < -0.39 is 0 Å². The fraction of sp³-hybridized carbons (Fsp3) is 0.312. The summed E-state index contributed by atoms with van der Waals surface area (Å²) in [4.78, 5) is 26.1. The molecule has 0 amide bonds. The van der Waals surface area contributed by atoms with Crippen molar-refractivity contribution in [2.45, 2.75) is 19.8 Å².